The average Bonchev–Trinajstić information content (AvgIpc) is 2.70. The second-order valence-electron chi connectivity index (χ2n) is 3.29. The number of hydrogen-bond acceptors (Lipinski definition) is 3. The van der Waals surface area contributed by atoms with Gasteiger partial charge in [-0.15, -0.1) is 0 Å². The van der Waals surface area contributed by atoms with Crippen molar-refractivity contribution in [3.8, 4) is 11.3 Å². The highest BCUT2D eigenvalue weighted by Crippen LogP contribution is 2.27. The normalized spacial score (nSPS) is 10.6. The standard InChI is InChI=1S/C11H11BrN2O/c1-7-9(3-2-4-10(7)12)11-5-8(6-13)15-14-11/h2-5H,6,13H2,1H3. The maximum Gasteiger partial charge on any atom is 0.150 e. The third kappa shape index (κ3) is 1.96. The molecule has 0 bridgehead atoms. The summed E-state index contributed by atoms with van der Waals surface area (Å²) in [4.78, 5) is 0. The molecule has 1 heterocycles. The molecule has 0 aliphatic carbocycles. The molecule has 0 radical (unpaired) electrons. The summed E-state index contributed by atoms with van der Waals surface area (Å²) in [6, 6.07) is 7.86. The van der Waals surface area contributed by atoms with E-state index in [1.165, 1.54) is 0 Å². The smallest absolute Gasteiger partial charge is 0.150 e. The van der Waals surface area contributed by atoms with Gasteiger partial charge in [-0.05, 0) is 18.6 Å². The second-order valence-corrected chi connectivity index (χ2v) is 4.15. The van der Waals surface area contributed by atoms with Gasteiger partial charge in [-0.1, -0.05) is 33.2 Å². The highest BCUT2D eigenvalue weighted by molar-refractivity contribution is 9.10. The van der Waals surface area contributed by atoms with Gasteiger partial charge in [0.25, 0.3) is 0 Å². The molecule has 0 amide bonds. The van der Waals surface area contributed by atoms with E-state index in [2.05, 4.69) is 21.1 Å². The first-order valence-electron chi connectivity index (χ1n) is 4.63. The molecule has 2 rings (SSSR count). The van der Waals surface area contributed by atoms with Crippen molar-refractivity contribution >= 4 is 15.9 Å². The number of aromatic nitrogens is 1. The van der Waals surface area contributed by atoms with E-state index >= 15 is 0 Å². The van der Waals surface area contributed by atoms with Crippen molar-refractivity contribution in [2.75, 3.05) is 0 Å². The maximum absolute atomic E-state index is 5.47. The minimum absolute atomic E-state index is 0.375. The quantitative estimate of drug-likeness (QED) is 0.910. The highest BCUT2D eigenvalue weighted by atomic mass is 79.9. The van der Waals surface area contributed by atoms with E-state index in [1.807, 2.05) is 31.2 Å². The Bertz CT molecular complexity index is 479. The van der Waals surface area contributed by atoms with Crippen molar-refractivity contribution in [1.82, 2.24) is 5.16 Å². The Kier molecular flexibility index (Phi) is 2.88. The van der Waals surface area contributed by atoms with Gasteiger partial charge in [0.15, 0.2) is 5.76 Å². The number of halogens is 1. The maximum atomic E-state index is 5.47. The summed E-state index contributed by atoms with van der Waals surface area (Å²) in [6.07, 6.45) is 0. The van der Waals surface area contributed by atoms with Crippen LogP contribution in [0.1, 0.15) is 11.3 Å². The Morgan fingerprint density at radius 3 is 2.93 bits per heavy atom. The van der Waals surface area contributed by atoms with Gasteiger partial charge in [0.05, 0.1) is 6.54 Å². The van der Waals surface area contributed by atoms with Crippen LogP contribution in [-0.2, 0) is 6.54 Å². The molecule has 1 aromatic heterocycles. The molecule has 0 aliphatic rings. The van der Waals surface area contributed by atoms with E-state index in [0.717, 1.165) is 21.3 Å². The van der Waals surface area contributed by atoms with Crippen molar-refractivity contribution in [2.24, 2.45) is 5.73 Å². The van der Waals surface area contributed by atoms with Gasteiger partial charge < -0.3 is 10.3 Å². The number of nitrogens with two attached hydrogens (primary N) is 1. The summed E-state index contributed by atoms with van der Waals surface area (Å²) in [7, 11) is 0. The molecule has 2 N–H and O–H groups in total. The summed E-state index contributed by atoms with van der Waals surface area (Å²) in [5, 5.41) is 3.98. The summed E-state index contributed by atoms with van der Waals surface area (Å²) >= 11 is 3.48. The van der Waals surface area contributed by atoms with Crippen LogP contribution in [0.25, 0.3) is 11.3 Å². The van der Waals surface area contributed by atoms with Gasteiger partial charge >= 0.3 is 0 Å². The Morgan fingerprint density at radius 2 is 2.27 bits per heavy atom. The van der Waals surface area contributed by atoms with E-state index in [0.29, 0.717) is 12.3 Å². The van der Waals surface area contributed by atoms with Crippen LogP contribution < -0.4 is 5.73 Å². The van der Waals surface area contributed by atoms with Crippen LogP contribution in [0.15, 0.2) is 33.3 Å². The first-order chi connectivity index (χ1) is 7.22. The number of benzene rings is 1. The second kappa shape index (κ2) is 4.16. The van der Waals surface area contributed by atoms with Crippen LogP contribution in [-0.4, -0.2) is 5.16 Å². The summed E-state index contributed by atoms with van der Waals surface area (Å²) < 4.78 is 6.14. The van der Waals surface area contributed by atoms with Crippen LogP contribution in [0.4, 0.5) is 0 Å². The predicted molar refractivity (Wildman–Crippen MR) is 62.3 cm³/mol. The van der Waals surface area contributed by atoms with Crippen LogP contribution in [0.5, 0.6) is 0 Å². The first-order valence-corrected chi connectivity index (χ1v) is 5.43. The fraction of sp³-hybridized carbons (Fsp3) is 0.182. The minimum atomic E-state index is 0.375. The molecular formula is C11H11BrN2O. The lowest BCUT2D eigenvalue weighted by Gasteiger charge is -2.02. The number of hydrogen-bond donors (Lipinski definition) is 1. The molecule has 3 nitrogen and oxygen atoms in total. The lowest BCUT2D eigenvalue weighted by Crippen LogP contribution is -1.92. The average molecular weight is 267 g/mol. The van der Waals surface area contributed by atoms with Gasteiger partial charge in [0, 0.05) is 16.1 Å². The van der Waals surface area contributed by atoms with Crippen LogP contribution in [0.2, 0.25) is 0 Å². The number of rotatable bonds is 2. The van der Waals surface area contributed by atoms with Gasteiger partial charge in [0.1, 0.15) is 5.69 Å². The molecule has 15 heavy (non-hydrogen) atoms. The molecule has 2 aromatic rings. The van der Waals surface area contributed by atoms with Crippen LogP contribution in [0.3, 0.4) is 0 Å². The minimum Gasteiger partial charge on any atom is -0.359 e. The zero-order valence-corrected chi connectivity index (χ0v) is 9.91. The summed E-state index contributed by atoms with van der Waals surface area (Å²) in [5.41, 5.74) is 8.50. The molecule has 0 spiro atoms. The Morgan fingerprint density at radius 1 is 1.47 bits per heavy atom. The third-order valence-corrected chi connectivity index (χ3v) is 3.16. The van der Waals surface area contributed by atoms with Crippen molar-refractivity contribution in [3.63, 3.8) is 0 Å². The Labute approximate surface area is 96.4 Å². The molecule has 0 saturated heterocycles. The fourth-order valence-electron chi connectivity index (χ4n) is 1.42. The van der Waals surface area contributed by atoms with Crippen molar-refractivity contribution in [3.05, 3.63) is 40.1 Å². The zero-order valence-electron chi connectivity index (χ0n) is 8.33. The molecule has 78 valence electrons. The van der Waals surface area contributed by atoms with E-state index in [-0.39, 0.29) is 0 Å². The van der Waals surface area contributed by atoms with Crippen LogP contribution in [0, 0.1) is 6.92 Å². The molecular weight excluding hydrogens is 256 g/mol. The van der Waals surface area contributed by atoms with E-state index in [1.54, 1.807) is 0 Å². The fourth-order valence-corrected chi connectivity index (χ4v) is 1.79. The molecule has 0 unspecified atom stereocenters. The molecule has 0 aliphatic heterocycles. The molecule has 0 fully saturated rings. The van der Waals surface area contributed by atoms with Crippen molar-refractivity contribution < 1.29 is 4.52 Å². The van der Waals surface area contributed by atoms with Crippen molar-refractivity contribution in [2.45, 2.75) is 13.5 Å². The van der Waals surface area contributed by atoms with Gasteiger partial charge in [-0.3, -0.25) is 0 Å². The lowest BCUT2D eigenvalue weighted by molar-refractivity contribution is 0.387. The zero-order chi connectivity index (χ0) is 10.8. The Hall–Kier alpha value is -1.13. The van der Waals surface area contributed by atoms with E-state index in [9.17, 15) is 0 Å². The SMILES string of the molecule is Cc1c(Br)cccc1-c1cc(CN)on1. The third-order valence-electron chi connectivity index (χ3n) is 2.30. The Balaban J connectivity index is 2.49. The molecule has 1 aromatic carbocycles. The molecule has 0 saturated carbocycles. The summed E-state index contributed by atoms with van der Waals surface area (Å²) in [6.45, 7) is 2.41. The van der Waals surface area contributed by atoms with E-state index < -0.39 is 0 Å². The van der Waals surface area contributed by atoms with Crippen LogP contribution >= 0.6 is 15.9 Å². The largest absolute Gasteiger partial charge is 0.359 e. The van der Waals surface area contributed by atoms with Gasteiger partial charge in [-0.25, -0.2) is 0 Å². The molecule has 4 heteroatoms. The monoisotopic (exact) mass is 266 g/mol. The first kappa shape index (κ1) is 10.4. The van der Waals surface area contributed by atoms with Crippen molar-refractivity contribution in [1.29, 1.82) is 0 Å². The highest BCUT2D eigenvalue weighted by Gasteiger charge is 2.09. The lowest BCUT2D eigenvalue weighted by atomic mass is 10.1. The number of nitrogens with zero attached hydrogens (tertiary/aromatic N) is 1. The summed E-state index contributed by atoms with van der Waals surface area (Å²) in [5.74, 6) is 0.698. The topological polar surface area (TPSA) is 52.0 Å². The van der Waals surface area contributed by atoms with Gasteiger partial charge in [-0.2, -0.15) is 0 Å². The predicted octanol–water partition coefficient (Wildman–Crippen LogP) is 2.87. The van der Waals surface area contributed by atoms with E-state index in [4.69, 9.17) is 10.3 Å². The molecule has 0 atom stereocenters. The van der Waals surface area contributed by atoms with Gasteiger partial charge in [0.2, 0.25) is 0 Å².